The van der Waals surface area contributed by atoms with E-state index in [1.54, 1.807) is 4.90 Å². The summed E-state index contributed by atoms with van der Waals surface area (Å²) in [7, 11) is 0. The third kappa shape index (κ3) is 4.82. The van der Waals surface area contributed by atoms with Gasteiger partial charge in [-0.05, 0) is 12.8 Å². The number of ether oxygens (including phenoxy) is 1. The summed E-state index contributed by atoms with van der Waals surface area (Å²) in [4.78, 5) is 13.6. The molecule has 18 heavy (non-hydrogen) atoms. The van der Waals surface area contributed by atoms with E-state index in [1.165, 1.54) is 0 Å². The zero-order valence-electron chi connectivity index (χ0n) is 11.6. The van der Waals surface area contributed by atoms with Crippen LogP contribution in [0.3, 0.4) is 0 Å². The molecule has 5 nitrogen and oxygen atoms in total. The molecule has 5 heteroatoms. The first-order valence-corrected chi connectivity index (χ1v) is 6.94. The van der Waals surface area contributed by atoms with E-state index >= 15 is 0 Å². The van der Waals surface area contributed by atoms with Crippen molar-refractivity contribution in [3.8, 4) is 0 Å². The highest BCUT2D eigenvalue weighted by Gasteiger charge is 2.26. The van der Waals surface area contributed by atoms with Crippen molar-refractivity contribution in [1.29, 1.82) is 0 Å². The number of nitrogens with zero attached hydrogens (tertiary/aromatic N) is 1. The first-order chi connectivity index (χ1) is 8.61. The Kier molecular flexibility index (Phi) is 6.43. The molecule has 1 aliphatic heterocycles. The standard InChI is InChI=1S/C13H26N2O3/c1-3-5-13(17,6-4-2)11-14-12(16)15-7-9-18-10-8-15/h17H,3-11H2,1-2H3,(H,14,16). The molecule has 0 aromatic rings. The predicted molar refractivity (Wildman–Crippen MR) is 70.6 cm³/mol. The Balaban J connectivity index is 2.38. The van der Waals surface area contributed by atoms with Crippen LogP contribution in [0.15, 0.2) is 0 Å². The van der Waals surface area contributed by atoms with E-state index in [0.717, 1.165) is 25.7 Å². The summed E-state index contributed by atoms with van der Waals surface area (Å²) in [6.07, 6.45) is 3.29. The molecular formula is C13H26N2O3. The number of hydrogen-bond donors (Lipinski definition) is 2. The van der Waals surface area contributed by atoms with Crippen LogP contribution in [0, 0.1) is 0 Å². The van der Waals surface area contributed by atoms with Gasteiger partial charge >= 0.3 is 6.03 Å². The summed E-state index contributed by atoms with van der Waals surface area (Å²) in [6.45, 7) is 6.89. The molecular weight excluding hydrogens is 232 g/mol. The van der Waals surface area contributed by atoms with Crippen LogP contribution >= 0.6 is 0 Å². The van der Waals surface area contributed by atoms with Crippen LogP contribution in [0.1, 0.15) is 39.5 Å². The lowest BCUT2D eigenvalue weighted by Crippen LogP contribution is -2.50. The maximum absolute atomic E-state index is 11.9. The van der Waals surface area contributed by atoms with Gasteiger partial charge in [0.05, 0.1) is 18.8 Å². The molecule has 0 unspecified atom stereocenters. The molecule has 106 valence electrons. The van der Waals surface area contributed by atoms with Crippen molar-refractivity contribution in [2.45, 2.75) is 45.1 Å². The molecule has 0 aromatic heterocycles. The van der Waals surface area contributed by atoms with Crippen molar-refractivity contribution < 1.29 is 14.6 Å². The van der Waals surface area contributed by atoms with Gasteiger partial charge in [0.15, 0.2) is 0 Å². The maximum Gasteiger partial charge on any atom is 0.317 e. The zero-order valence-corrected chi connectivity index (χ0v) is 11.6. The molecule has 0 atom stereocenters. The van der Waals surface area contributed by atoms with Gasteiger partial charge in [0, 0.05) is 19.6 Å². The van der Waals surface area contributed by atoms with Crippen LogP contribution in [0.5, 0.6) is 0 Å². The lowest BCUT2D eigenvalue weighted by atomic mass is 9.93. The fraction of sp³-hybridized carbons (Fsp3) is 0.923. The first-order valence-electron chi connectivity index (χ1n) is 6.94. The zero-order chi connectivity index (χ0) is 13.4. The fourth-order valence-electron chi connectivity index (χ4n) is 2.35. The lowest BCUT2D eigenvalue weighted by Gasteiger charge is -2.31. The van der Waals surface area contributed by atoms with E-state index in [0.29, 0.717) is 32.8 Å². The summed E-state index contributed by atoms with van der Waals surface area (Å²) in [6, 6.07) is -0.0936. The molecule has 0 radical (unpaired) electrons. The molecule has 1 saturated heterocycles. The van der Waals surface area contributed by atoms with Crippen LogP contribution in [0.25, 0.3) is 0 Å². The monoisotopic (exact) mass is 258 g/mol. The number of rotatable bonds is 6. The van der Waals surface area contributed by atoms with Crippen molar-refractivity contribution in [1.82, 2.24) is 10.2 Å². The Hall–Kier alpha value is -0.810. The quantitative estimate of drug-likeness (QED) is 0.756. The Morgan fingerprint density at radius 2 is 1.83 bits per heavy atom. The maximum atomic E-state index is 11.9. The number of morpholine rings is 1. The lowest BCUT2D eigenvalue weighted by molar-refractivity contribution is 0.0193. The number of amides is 2. The number of aliphatic hydroxyl groups is 1. The van der Waals surface area contributed by atoms with Gasteiger partial charge < -0.3 is 20.1 Å². The highest BCUT2D eigenvalue weighted by molar-refractivity contribution is 5.74. The average Bonchev–Trinajstić information content (AvgIpc) is 2.38. The van der Waals surface area contributed by atoms with Gasteiger partial charge in [-0.2, -0.15) is 0 Å². The largest absolute Gasteiger partial charge is 0.388 e. The molecule has 0 bridgehead atoms. The van der Waals surface area contributed by atoms with Gasteiger partial charge in [-0.1, -0.05) is 26.7 Å². The Morgan fingerprint density at radius 1 is 1.28 bits per heavy atom. The predicted octanol–water partition coefficient (Wildman–Crippen LogP) is 1.36. The SMILES string of the molecule is CCCC(O)(CCC)CNC(=O)N1CCOCC1. The highest BCUT2D eigenvalue weighted by Crippen LogP contribution is 2.18. The average molecular weight is 258 g/mol. The molecule has 0 saturated carbocycles. The van der Waals surface area contributed by atoms with Crippen molar-refractivity contribution in [3.05, 3.63) is 0 Å². The van der Waals surface area contributed by atoms with E-state index in [1.807, 2.05) is 13.8 Å². The van der Waals surface area contributed by atoms with Crippen molar-refractivity contribution in [2.24, 2.45) is 0 Å². The highest BCUT2D eigenvalue weighted by atomic mass is 16.5. The smallest absolute Gasteiger partial charge is 0.317 e. The van der Waals surface area contributed by atoms with Crippen molar-refractivity contribution in [3.63, 3.8) is 0 Å². The minimum atomic E-state index is -0.758. The molecule has 0 spiro atoms. The molecule has 2 N–H and O–H groups in total. The van der Waals surface area contributed by atoms with Gasteiger partial charge in [0.1, 0.15) is 0 Å². The number of carbonyl (C=O) groups is 1. The summed E-state index contributed by atoms with van der Waals surface area (Å²) in [5.41, 5.74) is -0.758. The Labute approximate surface area is 109 Å². The van der Waals surface area contributed by atoms with Crippen molar-refractivity contribution in [2.75, 3.05) is 32.8 Å². The minimum Gasteiger partial charge on any atom is -0.388 e. The van der Waals surface area contributed by atoms with E-state index in [-0.39, 0.29) is 6.03 Å². The van der Waals surface area contributed by atoms with Gasteiger partial charge in [0.25, 0.3) is 0 Å². The second-order valence-corrected chi connectivity index (χ2v) is 4.98. The number of carbonyl (C=O) groups excluding carboxylic acids is 1. The van der Waals surface area contributed by atoms with E-state index in [2.05, 4.69) is 5.32 Å². The van der Waals surface area contributed by atoms with Crippen LogP contribution in [0.2, 0.25) is 0 Å². The summed E-state index contributed by atoms with van der Waals surface area (Å²) < 4.78 is 5.20. The topological polar surface area (TPSA) is 61.8 Å². The fourth-order valence-corrected chi connectivity index (χ4v) is 2.35. The van der Waals surface area contributed by atoms with Crippen LogP contribution < -0.4 is 5.32 Å². The van der Waals surface area contributed by atoms with Crippen LogP contribution in [-0.4, -0.2) is 54.5 Å². The summed E-state index contributed by atoms with van der Waals surface area (Å²) in [5.74, 6) is 0. The second-order valence-electron chi connectivity index (χ2n) is 4.98. The third-order valence-corrected chi connectivity index (χ3v) is 3.30. The molecule has 1 fully saturated rings. The number of urea groups is 1. The van der Waals surface area contributed by atoms with Crippen molar-refractivity contribution >= 4 is 6.03 Å². The first kappa shape index (κ1) is 15.2. The molecule has 0 aliphatic carbocycles. The minimum absolute atomic E-state index is 0.0936. The van der Waals surface area contributed by atoms with E-state index in [9.17, 15) is 9.90 Å². The molecule has 1 heterocycles. The Morgan fingerprint density at radius 3 is 2.33 bits per heavy atom. The van der Waals surface area contributed by atoms with E-state index < -0.39 is 5.60 Å². The van der Waals surface area contributed by atoms with Gasteiger partial charge in [0.2, 0.25) is 0 Å². The number of nitrogens with one attached hydrogen (secondary N) is 1. The summed E-state index contributed by atoms with van der Waals surface area (Å²) in [5, 5.41) is 13.2. The van der Waals surface area contributed by atoms with Gasteiger partial charge in [-0.15, -0.1) is 0 Å². The number of hydrogen-bond acceptors (Lipinski definition) is 3. The second kappa shape index (κ2) is 7.59. The van der Waals surface area contributed by atoms with Crippen LogP contribution in [-0.2, 0) is 4.74 Å². The van der Waals surface area contributed by atoms with Gasteiger partial charge in [-0.25, -0.2) is 4.79 Å². The van der Waals surface area contributed by atoms with Gasteiger partial charge in [-0.3, -0.25) is 0 Å². The van der Waals surface area contributed by atoms with E-state index in [4.69, 9.17) is 4.74 Å². The molecule has 1 rings (SSSR count). The van der Waals surface area contributed by atoms with Crippen LogP contribution in [0.4, 0.5) is 4.79 Å². The molecule has 1 aliphatic rings. The molecule has 0 aromatic carbocycles. The summed E-state index contributed by atoms with van der Waals surface area (Å²) >= 11 is 0. The molecule has 2 amide bonds. The third-order valence-electron chi connectivity index (χ3n) is 3.30. The normalized spacial score (nSPS) is 16.7. The Bertz CT molecular complexity index is 247.